The predicted octanol–water partition coefficient (Wildman–Crippen LogP) is 4.63. The normalized spacial score (nSPS) is 12.8. The number of benzene rings is 3. The van der Waals surface area contributed by atoms with Crippen molar-refractivity contribution in [3.05, 3.63) is 89.5 Å². The van der Waals surface area contributed by atoms with Crippen LogP contribution in [0.5, 0.6) is 5.75 Å². The minimum Gasteiger partial charge on any atom is -0.484 e. The molecule has 6 nitrogen and oxygen atoms in total. The van der Waals surface area contributed by atoms with Gasteiger partial charge in [0.05, 0.1) is 16.8 Å². The predicted molar refractivity (Wildman–Crippen MR) is 119 cm³/mol. The molecule has 0 unspecified atom stereocenters. The van der Waals surface area contributed by atoms with Crippen LogP contribution in [0.1, 0.15) is 46.0 Å². The fourth-order valence-electron chi connectivity index (χ4n) is 3.46. The fourth-order valence-corrected chi connectivity index (χ4v) is 3.46. The van der Waals surface area contributed by atoms with Crippen LogP contribution in [0.15, 0.2) is 72.8 Å². The summed E-state index contributed by atoms with van der Waals surface area (Å²) in [6.07, 6.45) is 0. The Labute approximate surface area is 180 Å². The Morgan fingerprint density at radius 2 is 1.58 bits per heavy atom. The maximum atomic E-state index is 12.7. The van der Waals surface area contributed by atoms with Crippen molar-refractivity contribution in [2.24, 2.45) is 0 Å². The van der Waals surface area contributed by atoms with Gasteiger partial charge < -0.3 is 10.1 Å². The largest absolute Gasteiger partial charge is 0.484 e. The zero-order valence-corrected chi connectivity index (χ0v) is 17.3. The van der Waals surface area contributed by atoms with E-state index in [0.717, 1.165) is 10.5 Å². The highest BCUT2D eigenvalue weighted by Gasteiger charge is 2.36. The molecule has 1 aliphatic rings. The van der Waals surface area contributed by atoms with E-state index in [4.69, 9.17) is 4.74 Å². The highest BCUT2D eigenvalue weighted by molar-refractivity contribution is 6.34. The van der Waals surface area contributed by atoms with Gasteiger partial charge in [-0.05, 0) is 53.9 Å². The lowest BCUT2D eigenvalue weighted by molar-refractivity contribution is -0.118. The minimum absolute atomic E-state index is 0.154. The number of imide groups is 1. The molecule has 0 saturated heterocycles. The molecular weight excluding hydrogens is 392 g/mol. The van der Waals surface area contributed by atoms with E-state index in [0.29, 0.717) is 34.2 Å². The van der Waals surface area contributed by atoms with Gasteiger partial charge in [-0.3, -0.25) is 14.4 Å². The number of nitrogens with zero attached hydrogens (tertiary/aromatic N) is 1. The number of nitrogens with one attached hydrogen (secondary N) is 1. The van der Waals surface area contributed by atoms with Gasteiger partial charge in [0.1, 0.15) is 5.75 Å². The zero-order chi connectivity index (χ0) is 22.0. The summed E-state index contributed by atoms with van der Waals surface area (Å²) >= 11 is 0. The van der Waals surface area contributed by atoms with E-state index in [9.17, 15) is 14.4 Å². The summed E-state index contributed by atoms with van der Waals surface area (Å²) in [5.41, 5.74) is 2.75. The SMILES string of the molecule is CC(C)c1cccc(OCC(=O)Nc2cccc(N3C(=O)c4ccccc4C3=O)c2)c1. The molecule has 0 bridgehead atoms. The third-order valence-electron chi connectivity index (χ3n) is 5.08. The minimum atomic E-state index is -0.377. The van der Waals surface area contributed by atoms with Crippen molar-refractivity contribution in [1.82, 2.24) is 0 Å². The van der Waals surface area contributed by atoms with Crippen LogP contribution in [0.25, 0.3) is 0 Å². The number of fused-ring (bicyclic) bond motifs is 1. The van der Waals surface area contributed by atoms with Crippen LogP contribution in [0.4, 0.5) is 11.4 Å². The summed E-state index contributed by atoms with van der Waals surface area (Å²) < 4.78 is 5.61. The highest BCUT2D eigenvalue weighted by atomic mass is 16.5. The van der Waals surface area contributed by atoms with Crippen LogP contribution in [-0.2, 0) is 4.79 Å². The van der Waals surface area contributed by atoms with Crippen LogP contribution >= 0.6 is 0 Å². The van der Waals surface area contributed by atoms with Crippen LogP contribution in [0.2, 0.25) is 0 Å². The van der Waals surface area contributed by atoms with Gasteiger partial charge in [-0.15, -0.1) is 0 Å². The van der Waals surface area contributed by atoms with Crippen molar-refractivity contribution in [3.63, 3.8) is 0 Å². The Kier molecular flexibility index (Phi) is 5.54. The van der Waals surface area contributed by atoms with Gasteiger partial charge in [0.15, 0.2) is 6.61 Å². The van der Waals surface area contributed by atoms with Crippen LogP contribution < -0.4 is 15.0 Å². The maximum Gasteiger partial charge on any atom is 0.266 e. The third-order valence-corrected chi connectivity index (χ3v) is 5.08. The summed E-state index contributed by atoms with van der Waals surface area (Å²) in [4.78, 5) is 38.8. The van der Waals surface area contributed by atoms with Crippen LogP contribution in [0, 0.1) is 0 Å². The van der Waals surface area contributed by atoms with Gasteiger partial charge in [0.2, 0.25) is 0 Å². The molecule has 0 radical (unpaired) electrons. The first kappa shape index (κ1) is 20.3. The van der Waals surface area contributed by atoms with E-state index >= 15 is 0 Å². The second-order valence-corrected chi connectivity index (χ2v) is 7.61. The Morgan fingerprint density at radius 1 is 0.903 bits per heavy atom. The molecule has 0 fully saturated rings. The summed E-state index contributed by atoms with van der Waals surface area (Å²) in [6, 6.07) is 21.0. The molecule has 31 heavy (non-hydrogen) atoms. The maximum absolute atomic E-state index is 12.7. The van der Waals surface area contributed by atoms with Gasteiger partial charge in [-0.2, -0.15) is 0 Å². The number of anilines is 2. The molecule has 1 aliphatic heterocycles. The van der Waals surface area contributed by atoms with Crippen molar-refractivity contribution in [3.8, 4) is 5.75 Å². The van der Waals surface area contributed by atoms with Crippen molar-refractivity contribution in [2.75, 3.05) is 16.8 Å². The number of carbonyl (C=O) groups is 3. The molecule has 156 valence electrons. The lowest BCUT2D eigenvalue weighted by Crippen LogP contribution is -2.29. The number of carbonyl (C=O) groups excluding carboxylic acids is 3. The average Bonchev–Trinajstić information content (AvgIpc) is 3.03. The molecule has 3 aromatic carbocycles. The molecule has 3 amide bonds. The standard InChI is InChI=1S/C25H22N2O4/c1-16(2)17-7-5-10-20(13-17)31-15-23(28)26-18-8-6-9-19(14-18)27-24(29)21-11-3-4-12-22(21)25(27)30/h3-14,16H,15H2,1-2H3,(H,26,28). The molecular formula is C25H22N2O4. The Bertz CT molecular complexity index is 1130. The topological polar surface area (TPSA) is 75.7 Å². The van der Waals surface area contributed by atoms with Gasteiger partial charge >= 0.3 is 0 Å². The quantitative estimate of drug-likeness (QED) is 0.597. The van der Waals surface area contributed by atoms with E-state index < -0.39 is 0 Å². The molecule has 6 heteroatoms. The summed E-state index contributed by atoms with van der Waals surface area (Å²) in [6.45, 7) is 4.03. The van der Waals surface area contributed by atoms with Gasteiger partial charge in [0, 0.05) is 5.69 Å². The second-order valence-electron chi connectivity index (χ2n) is 7.61. The van der Waals surface area contributed by atoms with E-state index in [2.05, 4.69) is 19.2 Å². The Balaban J connectivity index is 1.43. The number of amides is 3. The van der Waals surface area contributed by atoms with E-state index in [1.165, 1.54) is 0 Å². The molecule has 4 rings (SSSR count). The molecule has 0 atom stereocenters. The number of hydrogen-bond acceptors (Lipinski definition) is 4. The monoisotopic (exact) mass is 414 g/mol. The number of hydrogen-bond donors (Lipinski definition) is 1. The lowest BCUT2D eigenvalue weighted by atomic mass is 10.0. The van der Waals surface area contributed by atoms with Gasteiger partial charge in [0.25, 0.3) is 17.7 Å². The molecule has 3 aromatic rings. The van der Waals surface area contributed by atoms with Crippen molar-refractivity contribution >= 4 is 29.1 Å². The van der Waals surface area contributed by atoms with E-state index in [-0.39, 0.29) is 24.3 Å². The van der Waals surface area contributed by atoms with Crippen LogP contribution in [0.3, 0.4) is 0 Å². The zero-order valence-electron chi connectivity index (χ0n) is 17.3. The molecule has 1 N–H and O–H groups in total. The van der Waals surface area contributed by atoms with Crippen molar-refractivity contribution in [2.45, 2.75) is 19.8 Å². The van der Waals surface area contributed by atoms with E-state index in [1.807, 2.05) is 24.3 Å². The summed E-state index contributed by atoms with van der Waals surface area (Å²) in [5.74, 6) is -0.104. The smallest absolute Gasteiger partial charge is 0.266 e. The van der Waals surface area contributed by atoms with Crippen molar-refractivity contribution in [1.29, 1.82) is 0 Å². The highest BCUT2D eigenvalue weighted by Crippen LogP contribution is 2.29. The summed E-state index contributed by atoms with van der Waals surface area (Å²) in [7, 11) is 0. The van der Waals surface area contributed by atoms with Gasteiger partial charge in [-0.1, -0.05) is 44.2 Å². The van der Waals surface area contributed by atoms with Gasteiger partial charge in [-0.25, -0.2) is 4.90 Å². The number of ether oxygens (including phenoxy) is 1. The first-order chi connectivity index (χ1) is 14.9. The second kappa shape index (κ2) is 8.44. The summed E-state index contributed by atoms with van der Waals surface area (Å²) in [5, 5.41) is 2.75. The van der Waals surface area contributed by atoms with E-state index in [1.54, 1.807) is 48.5 Å². The molecule has 0 aliphatic carbocycles. The molecule has 0 spiro atoms. The first-order valence-corrected chi connectivity index (χ1v) is 10.0. The first-order valence-electron chi connectivity index (χ1n) is 10.0. The molecule has 0 aromatic heterocycles. The van der Waals surface area contributed by atoms with Crippen LogP contribution in [-0.4, -0.2) is 24.3 Å². The molecule has 1 heterocycles. The van der Waals surface area contributed by atoms with Crippen molar-refractivity contribution < 1.29 is 19.1 Å². The molecule has 0 saturated carbocycles. The Hall–Kier alpha value is -3.93. The fraction of sp³-hybridized carbons (Fsp3) is 0.160. The Morgan fingerprint density at radius 3 is 2.26 bits per heavy atom. The average molecular weight is 414 g/mol. The lowest BCUT2D eigenvalue weighted by Gasteiger charge is -2.15. The number of rotatable bonds is 6. The third kappa shape index (κ3) is 4.19.